The molecule has 0 fully saturated rings. The van der Waals surface area contributed by atoms with Gasteiger partial charge in [0.05, 0.1) is 17.3 Å². The first kappa shape index (κ1) is 22.3. The van der Waals surface area contributed by atoms with Crippen LogP contribution in [0.1, 0.15) is 0 Å². The lowest BCUT2D eigenvalue weighted by atomic mass is 10.1. The van der Waals surface area contributed by atoms with Gasteiger partial charge in [-0.1, -0.05) is 30.3 Å². The van der Waals surface area contributed by atoms with E-state index in [2.05, 4.69) is 15.2 Å². The Morgan fingerprint density at radius 1 is 0.943 bits per heavy atom. The van der Waals surface area contributed by atoms with Crippen molar-refractivity contribution in [2.24, 2.45) is 0 Å². The molecule has 5 rings (SSSR count). The van der Waals surface area contributed by atoms with Crippen LogP contribution in [0.2, 0.25) is 0 Å². The van der Waals surface area contributed by atoms with Crippen LogP contribution in [0.15, 0.2) is 72.9 Å². The first-order chi connectivity index (χ1) is 17.0. The zero-order chi connectivity index (χ0) is 24.4. The van der Waals surface area contributed by atoms with E-state index >= 15 is 0 Å². The monoisotopic (exact) mass is 469 g/mol. The van der Waals surface area contributed by atoms with E-state index in [0.717, 1.165) is 42.2 Å². The molecular weight excluding hydrogens is 446 g/mol. The highest BCUT2D eigenvalue weighted by Gasteiger charge is 2.26. The van der Waals surface area contributed by atoms with Gasteiger partial charge in [0.1, 0.15) is 5.69 Å². The predicted octanol–water partition coefficient (Wildman–Crippen LogP) is 3.44. The minimum Gasteiger partial charge on any atom is -0.418 e. The summed E-state index contributed by atoms with van der Waals surface area (Å²) in [5, 5.41) is 8.69. The standard InChI is InChI=1S/C26H23N5O4/c1-30(2)15-14-27-18-8-10-19(11-9-18)31-26-23(24(29-31)17-6-4-3-5-7-17)25-20(16-28-26)34-21(32)12-13-22(33)35-25/h3-13,16,27H,14-15H2,1-2H3/b13-12-. The van der Waals surface area contributed by atoms with Crippen molar-refractivity contribution in [2.75, 3.05) is 32.5 Å². The van der Waals surface area contributed by atoms with Crippen LogP contribution in [-0.2, 0) is 9.59 Å². The maximum atomic E-state index is 12.3. The summed E-state index contributed by atoms with van der Waals surface area (Å²) in [5.41, 5.74) is 3.57. The summed E-state index contributed by atoms with van der Waals surface area (Å²) in [6.07, 6.45) is 3.42. The van der Waals surface area contributed by atoms with Crippen molar-refractivity contribution in [3.8, 4) is 28.4 Å². The van der Waals surface area contributed by atoms with Crippen molar-refractivity contribution < 1.29 is 19.1 Å². The highest BCUT2D eigenvalue weighted by molar-refractivity contribution is 6.03. The average Bonchev–Trinajstić information content (AvgIpc) is 3.24. The summed E-state index contributed by atoms with van der Waals surface area (Å²) in [6.45, 7) is 1.74. The van der Waals surface area contributed by atoms with Crippen LogP contribution in [0.4, 0.5) is 5.69 Å². The lowest BCUT2D eigenvalue weighted by molar-refractivity contribution is -0.133. The number of hydrogen-bond donors (Lipinski definition) is 1. The molecule has 4 aromatic rings. The van der Waals surface area contributed by atoms with E-state index in [9.17, 15) is 9.59 Å². The molecule has 0 aliphatic carbocycles. The second-order valence-corrected chi connectivity index (χ2v) is 8.23. The van der Waals surface area contributed by atoms with Crippen molar-refractivity contribution in [3.63, 3.8) is 0 Å². The number of anilines is 1. The Labute approximate surface area is 201 Å². The van der Waals surface area contributed by atoms with Crippen LogP contribution >= 0.6 is 0 Å². The molecule has 0 unspecified atom stereocenters. The molecule has 0 amide bonds. The quantitative estimate of drug-likeness (QED) is 0.429. The van der Waals surface area contributed by atoms with Crippen molar-refractivity contribution in [1.29, 1.82) is 0 Å². The zero-order valence-corrected chi connectivity index (χ0v) is 19.3. The maximum Gasteiger partial charge on any atom is 0.336 e. The molecule has 2 aromatic carbocycles. The Hall–Kier alpha value is -4.50. The van der Waals surface area contributed by atoms with Crippen molar-refractivity contribution >= 4 is 28.7 Å². The van der Waals surface area contributed by atoms with Gasteiger partial charge in [-0.3, -0.25) is 0 Å². The number of nitrogens with zero attached hydrogens (tertiary/aromatic N) is 4. The molecule has 0 radical (unpaired) electrons. The van der Waals surface area contributed by atoms with E-state index in [4.69, 9.17) is 14.6 Å². The molecule has 9 nitrogen and oxygen atoms in total. The molecule has 0 spiro atoms. The van der Waals surface area contributed by atoms with Gasteiger partial charge in [0.2, 0.25) is 0 Å². The Bertz CT molecular complexity index is 1430. The topological polar surface area (TPSA) is 98.6 Å². The van der Waals surface area contributed by atoms with Crippen molar-refractivity contribution in [1.82, 2.24) is 19.7 Å². The number of esters is 2. The SMILES string of the molecule is CN(C)CCNc1ccc(-n2nc(-c3ccccc3)c3c4c(cnc32)OC(=O)/C=C\C(=O)O4)cc1. The molecule has 176 valence electrons. The fourth-order valence-electron chi connectivity index (χ4n) is 3.75. The number of nitrogens with one attached hydrogen (secondary N) is 1. The van der Waals surface area contributed by atoms with Gasteiger partial charge >= 0.3 is 11.9 Å². The lowest BCUT2D eigenvalue weighted by Crippen LogP contribution is -2.20. The van der Waals surface area contributed by atoms with E-state index in [0.29, 0.717) is 16.7 Å². The second-order valence-electron chi connectivity index (χ2n) is 8.23. The van der Waals surface area contributed by atoms with Gasteiger partial charge in [-0.15, -0.1) is 0 Å². The summed E-state index contributed by atoms with van der Waals surface area (Å²) >= 11 is 0. The van der Waals surface area contributed by atoms with Crippen LogP contribution in [0.25, 0.3) is 28.0 Å². The summed E-state index contributed by atoms with van der Waals surface area (Å²) in [4.78, 5) is 31.0. The van der Waals surface area contributed by atoms with E-state index < -0.39 is 11.9 Å². The molecule has 1 aliphatic heterocycles. The largest absolute Gasteiger partial charge is 0.418 e. The average molecular weight is 470 g/mol. The third-order valence-corrected chi connectivity index (χ3v) is 5.43. The van der Waals surface area contributed by atoms with Gasteiger partial charge in [0, 0.05) is 36.5 Å². The molecule has 0 saturated heterocycles. The highest BCUT2D eigenvalue weighted by atomic mass is 16.6. The number of rotatable bonds is 6. The second kappa shape index (κ2) is 9.40. The van der Waals surface area contributed by atoms with Gasteiger partial charge in [0.15, 0.2) is 17.1 Å². The van der Waals surface area contributed by atoms with Crippen LogP contribution in [0.5, 0.6) is 11.5 Å². The number of pyridine rings is 1. The van der Waals surface area contributed by atoms with E-state index in [1.54, 1.807) is 4.68 Å². The molecule has 0 bridgehead atoms. The van der Waals surface area contributed by atoms with Gasteiger partial charge < -0.3 is 19.7 Å². The molecule has 1 aliphatic rings. The van der Waals surface area contributed by atoms with Crippen LogP contribution in [0, 0.1) is 0 Å². The Morgan fingerprint density at radius 2 is 1.66 bits per heavy atom. The number of likely N-dealkylation sites (N-methyl/N-ethyl adjacent to an activating group) is 1. The minimum atomic E-state index is -0.685. The molecule has 9 heteroatoms. The Balaban J connectivity index is 1.63. The third kappa shape index (κ3) is 4.62. The summed E-state index contributed by atoms with van der Waals surface area (Å²) in [7, 11) is 4.06. The number of benzene rings is 2. The number of carbonyl (C=O) groups is 2. The van der Waals surface area contributed by atoms with E-state index in [1.165, 1.54) is 6.20 Å². The molecule has 2 aromatic heterocycles. The lowest BCUT2D eigenvalue weighted by Gasteiger charge is -2.13. The van der Waals surface area contributed by atoms with Crippen molar-refractivity contribution in [3.05, 3.63) is 72.9 Å². The molecule has 3 heterocycles. The highest BCUT2D eigenvalue weighted by Crippen LogP contribution is 2.41. The van der Waals surface area contributed by atoms with Crippen molar-refractivity contribution in [2.45, 2.75) is 0 Å². The van der Waals surface area contributed by atoms with Gasteiger partial charge in [-0.2, -0.15) is 5.10 Å². The van der Waals surface area contributed by atoms with E-state index in [-0.39, 0.29) is 11.5 Å². The fraction of sp³-hybridized carbons (Fsp3) is 0.154. The van der Waals surface area contributed by atoms with Crippen LogP contribution < -0.4 is 14.8 Å². The molecule has 0 saturated carbocycles. The van der Waals surface area contributed by atoms with Crippen LogP contribution in [-0.4, -0.2) is 58.8 Å². The normalized spacial score (nSPS) is 14.1. The minimum absolute atomic E-state index is 0.0531. The van der Waals surface area contributed by atoms with E-state index in [1.807, 2.05) is 68.7 Å². The predicted molar refractivity (Wildman–Crippen MR) is 132 cm³/mol. The Morgan fingerprint density at radius 3 is 2.37 bits per heavy atom. The maximum absolute atomic E-state index is 12.3. The van der Waals surface area contributed by atoms with Gasteiger partial charge in [0.25, 0.3) is 0 Å². The molecule has 1 N–H and O–H groups in total. The first-order valence-corrected chi connectivity index (χ1v) is 11.1. The summed E-state index contributed by atoms with van der Waals surface area (Å²) in [5.74, 6) is -1.22. The van der Waals surface area contributed by atoms with Gasteiger partial charge in [-0.05, 0) is 38.4 Å². The first-order valence-electron chi connectivity index (χ1n) is 11.1. The zero-order valence-electron chi connectivity index (χ0n) is 19.3. The molecule has 0 atom stereocenters. The smallest absolute Gasteiger partial charge is 0.336 e. The number of ether oxygens (including phenoxy) is 2. The summed E-state index contributed by atoms with van der Waals surface area (Å²) < 4.78 is 12.6. The number of fused-ring (bicyclic) bond motifs is 3. The Kier molecular flexibility index (Phi) is 5.99. The third-order valence-electron chi connectivity index (χ3n) is 5.43. The number of carbonyl (C=O) groups excluding carboxylic acids is 2. The molecule has 35 heavy (non-hydrogen) atoms. The fourth-order valence-corrected chi connectivity index (χ4v) is 3.75. The number of hydrogen-bond acceptors (Lipinski definition) is 8. The molecular formula is C26H23N5O4. The van der Waals surface area contributed by atoms with Crippen LogP contribution in [0.3, 0.4) is 0 Å². The van der Waals surface area contributed by atoms with Gasteiger partial charge in [-0.25, -0.2) is 19.3 Å². The summed E-state index contributed by atoms with van der Waals surface area (Å²) in [6, 6.07) is 17.3. The number of aromatic nitrogens is 3.